The average molecular weight is 275 g/mol. The third kappa shape index (κ3) is 2.87. The second-order valence-electron chi connectivity index (χ2n) is 5.48. The SMILES string of the molecule is CN(C1CCCCC1)S(=O)(=O)N(C)C1CCNC1. The maximum Gasteiger partial charge on any atom is 0.282 e. The quantitative estimate of drug-likeness (QED) is 0.825. The van der Waals surface area contributed by atoms with Crippen molar-refractivity contribution >= 4 is 10.2 Å². The molecule has 18 heavy (non-hydrogen) atoms. The van der Waals surface area contributed by atoms with E-state index in [0.29, 0.717) is 0 Å². The standard InChI is InChI=1S/C12H25N3O2S/c1-14(11-6-4-3-5-7-11)18(16,17)15(2)12-8-9-13-10-12/h11-13H,3-10H2,1-2H3. The van der Waals surface area contributed by atoms with Crippen LogP contribution in [-0.4, -0.2) is 56.3 Å². The molecule has 0 aromatic rings. The van der Waals surface area contributed by atoms with Gasteiger partial charge in [-0.25, -0.2) is 0 Å². The second-order valence-corrected chi connectivity index (χ2v) is 7.53. The molecule has 2 rings (SSSR count). The van der Waals surface area contributed by atoms with Crippen molar-refractivity contribution in [3.05, 3.63) is 0 Å². The summed E-state index contributed by atoms with van der Waals surface area (Å²) in [5, 5.41) is 3.22. The first-order valence-corrected chi connectivity index (χ1v) is 8.35. The predicted octanol–water partition coefficient (Wildman–Crippen LogP) is 0.789. The minimum atomic E-state index is -3.30. The van der Waals surface area contributed by atoms with Gasteiger partial charge in [-0.1, -0.05) is 19.3 Å². The molecular formula is C12H25N3O2S. The van der Waals surface area contributed by atoms with E-state index in [9.17, 15) is 8.42 Å². The van der Waals surface area contributed by atoms with Gasteiger partial charge in [-0.3, -0.25) is 0 Å². The van der Waals surface area contributed by atoms with E-state index in [-0.39, 0.29) is 12.1 Å². The Morgan fingerprint density at radius 1 is 0.944 bits per heavy atom. The highest BCUT2D eigenvalue weighted by atomic mass is 32.2. The monoisotopic (exact) mass is 275 g/mol. The van der Waals surface area contributed by atoms with Crippen LogP contribution in [0.4, 0.5) is 0 Å². The van der Waals surface area contributed by atoms with E-state index in [1.165, 1.54) is 6.42 Å². The van der Waals surface area contributed by atoms with E-state index in [0.717, 1.165) is 45.2 Å². The Bertz CT molecular complexity index is 360. The first-order chi connectivity index (χ1) is 8.53. The lowest BCUT2D eigenvalue weighted by molar-refractivity contribution is 0.259. The summed E-state index contributed by atoms with van der Waals surface area (Å²) in [5.41, 5.74) is 0. The van der Waals surface area contributed by atoms with Crippen molar-refractivity contribution < 1.29 is 8.42 Å². The molecule has 1 atom stereocenters. The molecule has 0 spiro atoms. The van der Waals surface area contributed by atoms with Crippen molar-refractivity contribution in [2.24, 2.45) is 0 Å². The summed E-state index contributed by atoms with van der Waals surface area (Å²) in [6.45, 7) is 1.69. The third-order valence-electron chi connectivity index (χ3n) is 4.37. The third-order valence-corrected chi connectivity index (χ3v) is 6.42. The van der Waals surface area contributed by atoms with E-state index >= 15 is 0 Å². The highest BCUT2D eigenvalue weighted by molar-refractivity contribution is 7.86. The molecule has 1 aliphatic heterocycles. The molecule has 0 bridgehead atoms. The van der Waals surface area contributed by atoms with Gasteiger partial charge in [-0.15, -0.1) is 0 Å². The summed E-state index contributed by atoms with van der Waals surface area (Å²) < 4.78 is 28.2. The van der Waals surface area contributed by atoms with Crippen molar-refractivity contribution in [1.29, 1.82) is 0 Å². The molecule has 0 aromatic heterocycles. The first-order valence-electron chi connectivity index (χ1n) is 6.95. The fourth-order valence-electron chi connectivity index (χ4n) is 2.97. The number of likely N-dealkylation sites (N-methyl/N-ethyl adjacent to an activating group) is 1. The minimum Gasteiger partial charge on any atom is -0.315 e. The topological polar surface area (TPSA) is 52.7 Å². The van der Waals surface area contributed by atoms with Gasteiger partial charge in [0.15, 0.2) is 0 Å². The van der Waals surface area contributed by atoms with Crippen LogP contribution in [-0.2, 0) is 10.2 Å². The smallest absolute Gasteiger partial charge is 0.282 e. The molecule has 0 amide bonds. The molecule has 5 nitrogen and oxygen atoms in total. The molecule has 1 N–H and O–H groups in total. The van der Waals surface area contributed by atoms with Crippen molar-refractivity contribution in [3.8, 4) is 0 Å². The summed E-state index contributed by atoms with van der Waals surface area (Å²) in [6, 6.07) is 0.307. The van der Waals surface area contributed by atoms with Crippen molar-refractivity contribution in [2.75, 3.05) is 27.2 Å². The number of hydrogen-bond donors (Lipinski definition) is 1. The molecule has 106 valence electrons. The van der Waals surface area contributed by atoms with Crippen LogP contribution in [0.5, 0.6) is 0 Å². The fraction of sp³-hybridized carbons (Fsp3) is 1.00. The van der Waals surface area contributed by atoms with Crippen LogP contribution >= 0.6 is 0 Å². The van der Waals surface area contributed by atoms with Crippen LogP contribution in [0.25, 0.3) is 0 Å². The Morgan fingerprint density at radius 3 is 2.11 bits per heavy atom. The molecular weight excluding hydrogens is 250 g/mol. The van der Waals surface area contributed by atoms with Gasteiger partial charge in [-0.05, 0) is 25.8 Å². The predicted molar refractivity (Wildman–Crippen MR) is 72.6 cm³/mol. The largest absolute Gasteiger partial charge is 0.315 e. The number of rotatable bonds is 4. The number of nitrogens with one attached hydrogen (secondary N) is 1. The number of nitrogens with zero attached hydrogens (tertiary/aromatic N) is 2. The van der Waals surface area contributed by atoms with Gasteiger partial charge in [-0.2, -0.15) is 17.0 Å². The van der Waals surface area contributed by atoms with Crippen LogP contribution in [0.3, 0.4) is 0 Å². The first kappa shape index (κ1) is 14.2. The normalized spacial score (nSPS) is 27.2. The van der Waals surface area contributed by atoms with Gasteiger partial charge in [0, 0.05) is 32.7 Å². The molecule has 1 aliphatic carbocycles. The van der Waals surface area contributed by atoms with Gasteiger partial charge >= 0.3 is 0 Å². The van der Waals surface area contributed by atoms with E-state index in [1.807, 2.05) is 0 Å². The Balaban J connectivity index is 2.03. The lowest BCUT2D eigenvalue weighted by Crippen LogP contribution is -2.49. The zero-order chi connectivity index (χ0) is 13.2. The van der Waals surface area contributed by atoms with Crippen LogP contribution in [0.15, 0.2) is 0 Å². The molecule has 2 fully saturated rings. The average Bonchev–Trinajstić information content (AvgIpc) is 2.91. The maximum absolute atomic E-state index is 12.5. The lowest BCUT2D eigenvalue weighted by atomic mass is 9.96. The molecule has 6 heteroatoms. The summed E-state index contributed by atoms with van der Waals surface area (Å²) in [4.78, 5) is 0. The summed E-state index contributed by atoms with van der Waals surface area (Å²) in [5.74, 6) is 0. The van der Waals surface area contributed by atoms with E-state index < -0.39 is 10.2 Å². The Morgan fingerprint density at radius 2 is 1.56 bits per heavy atom. The molecule has 1 heterocycles. The van der Waals surface area contributed by atoms with Gasteiger partial charge in [0.1, 0.15) is 0 Å². The Kier molecular flexibility index (Phi) is 4.64. The van der Waals surface area contributed by atoms with Crippen LogP contribution in [0, 0.1) is 0 Å². The van der Waals surface area contributed by atoms with Gasteiger partial charge in [0.25, 0.3) is 10.2 Å². The zero-order valence-corrected chi connectivity index (χ0v) is 12.2. The van der Waals surface area contributed by atoms with Crippen LogP contribution in [0.2, 0.25) is 0 Å². The highest BCUT2D eigenvalue weighted by Crippen LogP contribution is 2.25. The van der Waals surface area contributed by atoms with E-state index in [4.69, 9.17) is 0 Å². The maximum atomic E-state index is 12.5. The van der Waals surface area contributed by atoms with Gasteiger partial charge in [0.2, 0.25) is 0 Å². The minimum absolute atomic E-state index is 0.112. The van der Waals surface area contributed by atoms with Crippen molar-refractivity contribution in [3.63, 3.8) is 0 Å². The lowest BCUT2D eigenvalue weighted by Gasteiger charge is -2.35. The fourth-order valence-corrected chi connectivity index (χ4v) is 4.52. The molecule has 0 radical (unpaired) electrons. The van der Waals surface area contributed by atoms with Crippen LogP contribution in [0.1, 0.15) is 38.5 Å². The van der Waals surface area contributed by atoms with Crippen LogP contribution < -0.4 is 5.32 Å². The second kappa shape index (κ2) is 5.86. The summed E-state index contributed by atoms with van der Waals surface area (Å²) in [6.07, 6.45) is 6.47. The van der Waals surface area contributed by atoms with E-state index in [1.54, 1.807) is 22.7 Å². The molecule has 1 unspecified atom stereocenters. The highest BCUT2D eigenvalue weighted by Gasteiger charge is 2.35. The van der Waals surface area contributed by atoms with Crippen molar-refractivity contribution in [1.82, 2.24) is 13.9 Å². The summed E-state index contributed by atoms with van der Waals surface area (Å²) in [7, 11) is 0.160. The number of hydrogen-bond acceptors (Lipinski definition) is 3. The molecule has 1 saturated carbocycles. The van der Waals surface area contributed by atoms with Crippen molar-refractivity contribution in [2.45, 2.75) is 50.6 Å². The Hall–Kier alpha value is -0.170. The summed E-state index contributed by atoms with van der Waals surface area (Å²) >= 11 is 0. The molecule has 2 aliphatic rings. The molecule has 1 saturated heterocycles. The zero-order valence-electron chi connectivity index (χ0n) is 11.4. The Labute approximate surface area is 111 Å². The molecule has 0 aromatic carbocycles. The van der Waals surface area contributed by atoms with Gasteiger partial charge < -0.3 is 5.32 Å². The van der Waals surface area contributed by atoms with Gasteiger partial charge in [0.05, 0.1) is 0 Å². The van der Waals surface area contributed by atoms with E-state index in [2.05, 4.69) is 5.32 Å².